The van der Waals surface area contributed by atoms with Crippen LogP contribution in [0.25, 0.3) is 0 Å². The maximum atomic E-state index is 5.96. The third-order valence-electron chi connectivity index (χ3n) is 2.35. The van der Waals surface area contributed by atoms with Crippen molar-refractivity contribution >= 4 is 17.4 Å². The molecule has 5 nitrogen and oxygen atoms in total. The lowest BCUT2D eigenvalue weighted by Gasteiger charge is -2.20. The molecule has 1 aromatic heterocycles. The van der Waals surface area contributed by atoms with Gasteiger partial charge in [0.05, 0.1) is 13.3 Å². The Morgan fingerprint density at radius 2 is 2.25 bits per heavy atom. The van der Waals surface area contributed by atoms with Gasteiger partial charge >= 0.3 is 6.01 Å². The smallest absolute Gasteiger partial charge is 0.318 e. The second-order valence-electron chi connectivity index (χ2n) is 3.75. The molecule has 6 heteroatoms. The topological polar surface area (TPSA) is 50.3 Å². The van der Waals surface area contributed by atoms with Crippen molar-refractivity contribution in [1.82, 2.24) is 14.9 Å². The Balaban J connectivity index is 2.65. The predicted octanol–water partition coefficient (Wildman–Crippen LogP) is 1.50. The van der Waals surface area contributed by atoms with Crippen molar-refractivity contribution in [2.24, 2.45) is 0 Å². The lowest BCUT2D eigenvalue weighted by molar-refractivity contribution is 0.325. The lowest BCUT2D eigenvalue weighted by Crippen LogP contribution is -2.31. The fraction of sp³-hybridized carbons (Fsp3) is 0.600. The number of anilines is 1. The largest absolute Gasteiger partial charge is 0.467 e. The first-order valence-electron chi connectivity index (χ1n) is 5.01. The van der Waals surface area contributed by atoms with Gasteiger partial charge < -0.3 is 15.0 Å². The van der Waals surface area contributed by atoms with E-state index in [2.05, 4.69) is 27.1 Å². The van der Waals surface area contributed by atoms with Gasteiger partial charge in [-0.15, -0.1) is 0 Å². The monoisotopic (exact) mass is 244 g/mol. The maximum absolute atomic E-state index is 5.96. The second kappa shape index (κ2) is 5.86. The molecule has 1 rings (SSSR count). The summed E-state index contributed by atoms with van der Waals surface area (Å²) in [6.07, 6.45) is 1.52. The van der Waals surface area contributed by atoms with Crippen LogP contribution in [0.15, 0.2) is 6.20 Å². The first kappa shape index (κ1) is 13.0. The summed E-state index contributed by atoms with van der Waals surface area (Å²) in [6.45, 7) is 2.87. The molecule has 0 aliphatic heterocycles. The molecular weight excluding hydrogens is 228 g/mol. The number of methoxy groups -OCH3 is 1. The van der Waals surface area contributed by atoms with Gasteiger partial charge in [-0.05, 0) is 21.0 Å². The molecule has 1 unspecified atom stereocenters. The third-order valence-corrected chi connectivity index (χ3v) is 2.63. The quantitative estimate of drug-likeness (QED) is 0.851. The fourth-order valence-corrected chi connectivity index (χ4v) is 1.16. The normalized spacial score (nSPS) is 12.6. The first-order chi connectivity index (χ1) is 7.54. The van der Waals surface area contributed by atoms with E-state index in [0.29, 0.717) is 22.9 Å². The lowest BCUT2D eigenvalue weighted by atomic mass is 10.3. The number of ether oxygens (including phenoxy) is 1. The van der Waals surface area contributed by atoms with Crippen LogP contribution in [-0.2, 0) is 0 Å². The maximum Gasteiger partial charge on any atom is 0.318 e. The van der Waals surface area contributed by atoms with E-state index in [1.54, 1.807) is 0 Å². The Morgan fingerprint density at radius 3 is 2.81 bits per heavy atom. The minimum absolute atomic E-state index is 0.310. The van der Waals surface area contributed by atoms with Gasteiger partial charge in [0.15, 0.2) is 5.82 Å². The average Bonchev–Trinajstić information content (AvgIpc) is 2.27. The van der Waals surface area contributed by atoms with E-state index in [0.717, 1.165) is 6.54 Å². The molecule has 0 saturated heterocycles. The van der Waals surface area contributed by atoms with E-state index in [4.69, 9.17) is 16.3 Å². The van der Waals surface area contributed by atoms with Crippen LogP contribution in [0.5, 0.6) is 6.01 Å². The zero-order chi connectivity index (χ0) is 12.1. The molecule has 1 aromatic rings. The number of hydrogen-bond donors (Lipinski definition) is 1. The van der Waals surface area contributed by atoms with Crippen molar-refractivity contribution < 1.29 is 4.74 Å². The molecule has 90 valence electrons. The van der Waals surface area contributed by atoms with E-state index < -0.39 is 0 Å². The molecule has 16 heavy (non-hydrogen) atoms. The molecule has 0 saturated carbocycles. The predicted molar refractivity (Wildman–Crippen MR) is 65.2 cm³/mol. The van der Waals surface area contributed by atoms with Crippen molar-refractivity contribution in [2.75, 3.05) is 33.1 Å². The Labute approximate surface area is 101 Å². The number of aromatic nitrogens is 2. The number of rotatable bonds is 5. The highest BCUT2D eigenvalue weighted by Crippen LogP contribution is 2.19. The molecule has 0 fully saturated rings. The van der Waals surface area contributed by atoms with E-state index in [1.165, 1.54) is 13.3 Å². The molecule has 0 aromatic carbocycles. The minimum atomic E-state index is 0.310. The van der Waals surface area contributed by atoms with Gasteiger partial charge in [-0.1, -0.05) is 11.6 Å². The van der Waals surface area contributed by atoms with Gasteiger partial charge in [0.2, 0.25) is 0 Å². The standard InChI is InChI=1S/C10H17ClN4O/c1-7(15(2)3)5-12-9-8(11)6-13-10(14-9)16-4/h6-7H,5H2,1-4H3,(H,12,13,14). The van der Waals surface area contributed by atoms with Crippen molar-refractivity contribution in [3.8, 4) is 6.01 Å². The molecular formula is C10H17ClN4O. The van der Waals surface area contributed by atoms with Crippen molar-refractivity contribution in [2.45, 2.75) is 13.0 Å². The molecule has 0 amide bonds. The van der Waals surface area contributed by atoms with Crippen molar-refractivity contribution in [3.05, 3.63) is 11.2 Å². The Bertz CT molecular complexity index is 346. The Hall–Kier alpha value is -1.07. The van der Waals surface area contributed by atoms with Crippen LogP contribution < -0.4 is 10.1 Å². The molecule has 0 aliphatic rings. The van der Waals surface area contributed by atoms with E-state index >= 15 is 0 Å². The van der Waals surface area contributed by atoms with Crippen LogP contribution >= 0.6 is 11.6 Å². The summed E-state index contributed by atoms with van der Waals surface area (Å²) >= 11 is 5.96. The Morgan fingerprint density at radius 1 is 1.56 bits per heavy atom. The fourth-order valence-electron chi connectivity index (χ4n) is 1.00. The van der Waals surface area contributed by atoms with Crippen LogP contribution in [0.4, 0.5) is 5.82 Å². The van der Waals surface area contributed by atoms with Crippen LogP contribution in [0.2, 0.25) is 5.02 Å². The highest BCUT2D eigenvalue weighted by molar-refractivity contribution is 6.32. The average molecular weight is 245 g/mol. The zero-order valence-corrected chi connectivity index (χ0v) is 10.7. The van der Waals surface area contributed by atoms with Crippen LogP contribution in [0, 0.1) is 0 Å². The van der Waals surface area contributed by atoms with Crippen LogP contribution in [-0.4, -0.2) is 48.7 Å². The number of nitrogens with one attached hydrogen (secondary N) is 1. The van der Waals surface area contributed by atoms with Crippen LogP contribution in [0.3, 0.4) is 0 Å². The first-order valence-corrected chi connectivity index (χ1v) is 5.39. The summed E-state index contributed by atoms with van der Waals surface area (Å²) in [4.78, 5) is 10.1. The second-order valence-corrected chi connectivity index (χ2v) is 4.15. The van der Waals surface area contributed by atoms with Gasteiger partial charge in [-0.3, -0.25) is 0 Å². The minimum Gasteiger partial charge on any atom is -0.467 e. The van der Waals surface area contributed by atoms with Gasteiger partial charge in [0.25, 0.3) is 0 Å². The Kier molecular flexibility index (Phi) is 4.76. The summed E-state index contributed by atoms with van der Waals surface area (Å²) < 4.78 is 4.93. The SMILES string of the molecule is COc1ncc(Cl)c(NCC(C)N(C)C)n1. The summed E-state index contributed by atoms with van der Waals surface area (Å²) in [7, 11) is 5.57. The highest BCUT2D eigenvalue weighted by atomic mass is 35.5. The molecule has 0 bridgehead atoms. The molecule has 1 heterocycles. The summed E-state index contributed by atoms with van der Waals surface area (Å²) in [5.41, 5.74) is 0. The van der Waals surface area contributed by atoms with Gasteiger partial charge in [-0.25, -0.2) is 4.98 Å². The van der Waals surface area contributed by atoms with Crippen LogP contribution in [0.1, 0.15) is 6.92 Å². The van der Waals surface area contributed by atoms with Gasteiger partial charge in [0.1, 0.15) is 5.02 Å². The van der Waals surface area contributed by atoms with E-state index in [9.17, 15) is 0 Å². The third kappa shape index (κ3) is 3.50. The number of likely N-dealkylation sites (N-methyl/N-ethyl adjacent to an activating group) is 1. The molecule has 0 radical (unpaired) electrons. The summed E-state index contributed by atoms with van der Waals surface area (Å²) in [5, 5.41) is 3.66. The molecule has 1 atom stereocenters. The number of halogens is 1. The summed E-state index contributed by atoms with van der Waals surface area (Å²) in [6, 6.07) is 0.696. The van der Waals surface area contributed by atoms with Crippen molar-refractivity contribution in [3.63, 3.8) is 0 Å². The number of nitrogens with zero attached hydrogens (tertiary/aromatic N) is 3. The van der Waals surface area contributed by atoms with E-state index in [-0.39, 0.29) is 0 Å². The zero-order valence-electron chi connectivity index (χ0n) is 9.99. The van der Waals surface area contributed by atoms with Gasteiger partial charge in [0, 0.05) is 12.6 Å². The highest BCUT2D eigenvalue weighted by Gasteiger charge is 2.08. The van der Waals surface area contributed by atoms with E-state index in [1.807, 2.05) is 14.1 Å². The van der Waals surface area contributed by atoms with Crippen molar-refractivity contribution in [1.29, 1.82) is 0 Å². The molecule has 0 spiro atoms. The molecule has 0 aliphatic carbocycles. The number of hydrogen-bond acceptors (Lipinski definition) is 5. The summed E-state index contributed by atoms with van der Waals surface area (Å²) in [5.74, 6) is 0.599. The molecule has 1 N–H and O–H groups in total. The van der Waals surface area contributed by atoms with Gasteiger partial charge in [-0.2, -0.15) is 4.98 Å².